The third-order valence-corrected chi connectivity index (χ3v) is 4.23. The van der Waals surface area contributed by atoms with Crippen LogP contribution >= 0.6 is 22.6 Å². The van der Waals surface area contributed by atoms with Gasteiger partial charge in [-0.05, 0) is 25.8 Å². The van der Waals surface area contributed by atoms with E-state index in [9.17, 15) is 4.79 Å². The minimum Gasteiger partial charge on any atom is -0.331 e. The van der Waals surface area contributed by atoms with Crippen LogP contribution < -0.4 is 0 Å². The predicted octanol–water partition coefficient (Wildman–Crippen LogP) is 1.63. The molecule has 0 aliphatic carbocycles. The van der Waals surface area contributed by atoms with E-state index in [0.29, 0.717) is 16.1 Å². The first-order valence-electron chi connectivity index (χ1n) is 5.46. The van der Waals surface area contributed by atoms with E-state index in [4.69, 9.17) is 0 Å². The van der Waals surface area contributed by atoms with Crippen LogP contribution in [-0.4, -0.2) is 44.9 Å². The molecule has 4 heteroatoms. The van der Waals surface area contributed by atoms with Gasteiger partial charge in [-0.2, -0.15) is 0 Å². The van der Waals surface area contributed by atoms with Crippen LogP contribution in [0.2, 0.25) is 0 Å². The normalized spacial score (nSPS) is 32.8. The number of nitrogens with zero attached hydrogens (tertiary/aromatic N) is 2. The number of carbonyl (C=O) groups is 1. The highest BCUT2D eigenvalue weighted by molar-refractivity contribution is 14.1. The number of fused-ring (bicyclic) bond motifs is 2. The Morgan fingerprint density at radius 1 is 1.47 bits per heavy atom. The van der Waals surface area contributed by atoms with Gasteiger partial charge in [0, 0.05) is 25.2 Å². The number of likely N-dealkylation sites (tertiary alicyclic amines) is 1. The molecule has 0 aromatic rings. The van der Waals surface area contributed by atoms with E-state index in [1.54, 1.807) is 0 Å². The predicted molar refractivity (Wildman–Crippen MR) is 68.9 cm³/mol. The van der Waals surface area contributed by atoms with Crippen molar-refractivity contribution < 1.29 is 4.79 Å². The van der Waals surface area contributed by atoms with Crippen LogP contribution in [-0.2, 0) is 4.79 Å². The summed E-state index contributed by atoms with van der Waals surface area (Å²) in [7, 11) is 0. The van der Waals surface area contributed by atoms with Crippen molar-refractivity contribution >= 4 is 28.5 Å². The molecule has 0 saturated carbocycles. The van der Waals surface area contributed by atoms with Crippen molar-refractivity contribution in [1.29, 1.82) is 0 Å². The summed E-state index contributed by atoms with van der Waals surface area (Å²) in [5.41, 5.74) is 0. The lowest BCUT2D eigenvalue weighted by Gasteiger charge is -2.41. The summed E-state index contributed by atoms with van der Waals surface area (Å²) in [6, 6.07) is 0.845. The van der Waals surface area contributed by atoms with Gasteiger partial charge in [-0.15, -0.1) is 0 Å². The van der Waals surface area contributed by atoms with Crippen molar-refractivity contribution in [3.63, 3.8) is 0 Å². The second-order valence-corrected chi connectivity index (χ2v) is 6.17. The fraction of sp³-hybridized carbons (Fsp3) is 0.727. The van der Waals surface area contributed by atoms with Crippen molar-refractivity contribution in [3.8, 4) is 0 Å². The largest absolute Gasteiger partial charge is 0.331 e. The molecule has 2 heterocycles. The maximum Gasteiger partial charge on any atom is 0.246 e. The number of piperazine rings is 1. The van der Waals surface area contributed by atoms with Gasteiger partial charge in [-0.3, -0.25) is 9.69 Å². The quantitative estimate of drug-likeness (QED) is 0.334. The Morgan fingerprint density at radius 2 is 2.00 bits per heavy atom. The molecule has 2 saturated heterocycles. The number of rotatable bonds is 2. The van der Waals surface area contributed by atoms with Crippen LogP contribution in [0.4, 0.5) is 0 Å². The van der Waals surface area contributed by atoms with Gasteiger partial charge < -0.3 is 4.90 Å². The molecule has 0 aromatic heterocycles. The van der Waals surface area contributed by atoms with Crippen LogP contribution in [0, 0.1) is 0 Å². The lowest BCUT2D eigenvalue weighted by molar-refractivity contribution is -0.131. The second-order valence-electron chi connectivity index (χ2n) is 4.36. The van der Waals surface area contributed by atoms with Crippen molar-refractivity contribution in [2.45, 2.75) is 35.9 Å². The minimum absolute atomic E-state index is 0.114. The smallest absolute Gasteiger partial charge is 0.246 e. The van der Waals surface area contributed by atoms with Gasteiger partial charge in [0.2, 0.25) is 5.91 Å². The zero-order valence-electron chi connectivity index (χ0n) is 9.03. The number of amides is 1. The lowest BCUT2D eigenvalue weighted by Crippen LogP contribution is -2.56. The molecule has 0 N–H and O–H groups in total. The van der Waals surface area contributed by atoms with E-state index in [1.807, 2.05) is 4.90 Å². The molecule has 0 radical (unpaired) electrons. The highest BCUT2D eigenvalue weighted by atomic mass is 127. The van der Waals surface area contributed by atoms with Crippen LogP contribution in [0.1, 0.15) is 19.8 Å². The molecule has 2 unspecified atom stereocenters. The van der Waals surface area contributed by atoms with Gasteiger partial charge in [0.1, 0.15) is 0 Å². The molecule has 15 heavy (non-hydrogen) atoms. The molecule has 0 spiro atoms. The minimum atomic E-state index is 0.114. The number of halogens is 1. The third-order valence-electron chi connectivity index (χ3n) is 3.44. The maximum atomic E-state index is 11.7. The SMILES string of the molecule is C=CC(=O)N1C2CCC1CN([C@@H](C)I)C2. The summed E-state index contributed by atoms with van der Waals surface area (Å²) >= 11 is 2.45. The molecular weight excluding hydrogens is 303 g/mol. The molecule has 2 bridgehead atoms. The zero-order valence-corrected chi connectivity index (χ0v) is 11.2. The first-order valence-corrected chi connectivity index (χ1v) is 6.71. The van der Waals surface area contributed by atoms with Gasteiger partial charge in [-0.25, -0.2) is 0 Å². The average Bonchev–Trinajstić information content (AvgIpc) is 2.47. The molecule has 3 nitrogen and oxygen atoms in total. The van der Waals surface area contributed by atoms with Crippen molar-refractivity contribution in [3.05, 3.63) is 12.7 Å². The summed E-state index contributed by atoms with van der Waals surface area (Å²) < 4.78 is 0.562. The summed E-state index contributed by atoms with van der Waals surface area (Å²) in [5, 5.41) is 0. The Balaban J connectivity index is 2.09. The van der Waals surface area contributed by atoms with Crippen LogP contribution in [0.25, 0.3) is 0 Å². The highest BCUT2D eigenvalue weighted by Gasteiger charge is 2.42. The lowest BCUT2D eigenvalue weighted by atomic mass is 10.2. The van der Waals surface area contributed by atoms with E-state index < -0.39 is 0 Å². The van der Waals surface area contributed by atoms with Crippen LogP contribution in [0.3, 0.4) is 0 Å². The number of alkyl halides is 1. The van der Waals surface area contributed by atoms with E-state index in [1.165, 1.54) is 6.08 Å². The summed E-state index contributed by atoms with van der Waals surface area (Å²) in [5.74, 6) is 0.114. The highest BCUT2D eigenvalue weighted by Crippen LogP contribution is 2.31. The monoisotopic (exact) mass is 320 g/mol. The molecule has 2 aliphatic heterocycles. The zero-order chi connectivity index (χ0) is 11.0. The van der Waals surface area contributed by atoms with Gasteiger partial charge in [0.25, 0.3) is 0 Å². The molecule has 1 amide bonds. The van der Waals surface area contributed by atoms with Gasteiger partial charge in [0.05, 0.1) is 4.05 Å². The van der Waals surface area contributed by atoms with Crippen LogP contribution in [0.15, 0.2) is 12.7 Å². The van der Waals surface area contributed by atoms with E-state index in [2.05, 4.69) is 41.0 Å². The molecule has 84 valence electrons. The Labute approximate surface area is 105 Å². The summed E-state index contributed by atoms with van der Waals surface area (Å²) in [6.45, 7) is 7.85. The number of hydrogen-bond acceptors (Lipinski definition) is 2. The fourth-order valence-corrected chi connectivity index (χ4v) is 3.15. The Kier molecular flexibility index (Phi) is 3.35. The van der Waals surface area contributed by atoms with Crippen molar-refractivity contribution in [2.75, 3.05) is 13.1 Å². The van der Waals surface area contributed by atoms with Gasteiger partial charge in [0.15, 0.2) is 0 Å². The first-order chi connectivity index (χ1) is 7.13. The molecule has 2 fully saturated rings. The molecule has 0 aromatic carbocycles. The number of hydrogen-bond donors (Lipinski definition) is 0. The Morgan fingerprint density at radius 3 is 2.40 bits per heavy atom. The third kappa shape index (κ3) is 2.06. The number of carbonyl (C=O) groups excluding carboxylic acids is 1. The maximum absolute atomic E-state index is 11.7. The van der Waals surface area contributed by atoms with Crippen molar-refractivity contribution in [2.24, 2.45) is 0 Å². The molecule has 2 aliphatic rings. The molecule has 3 atom stereocenters. The van der Waals surface area contributed by atoms with Crippen LogP contribution in [0.5, 0.6) is 0 Å². The Hall–Kier alpha value is -0.100. The first kappa shape index (κ1) is 11.4. The summed E-state index contributed by atoms with van der Waals surface area (Å²) in [6.07, 6.45) is 3.77. The second kappa shape index (κ2) is 4.41. The average molecular weight is 320 g/mol. The fourth-order valence-electron chi connectivity index (χ4n) is 2.69. The molecular formula is C11H17IN2O. The topological polar surface area (TPSA) is 23.6 Å². The van der Waals surface area contributed by atoms with Gasteiger partial charge in [-0.1, -0.05) is 29.2 Å². The molecule has 2 rings (SSSR count). The summed E-state index contributed by atoms with van der Waals surface area (Å²) in [4.78, 5) is 16.2. The van der Waals surface area contributed by atoms with E-state index >= 15 is 0 Å². The standard InChI is InChI=1S/C11H17IN2O/c1-3-11(15)14-9-4-5-10(14)7-13(6-9)8(2)12/h3,8-10H,1,4-7H2,2H3/t8-,9?,10?/m0/s1. The Bertz CT molecular complexity index is 266. The van der Waals surface area contributed by atoms with E-state index in [-0.39, 0.29) is 5.91 Å². The van der Waals surface area contributed by atoms with E-state index in [0.717, 1.165) is 25.9 Å². The van der Waals surface area contributed by atoms with Gasteiger partial charge >= 0.3 is 0 Å². The van der Waals surface area contributed by atoms with Crippen molar-refractivity contribution in [1.82, 2.24) is 9.80 Å².